The van der Waals surface area contributed by atoms with Gasteiger partial charge in [0.1, 0.15) is 0 Å². The standard InChI is InChI=1S/C21H22N2O3S/c1-14-11-18(15(2)23(14)12-16-7-6-10-27-16)20(24)13-26-21(25)17-8-4-5-9-19(17)22-3/h4-11,22H,12-13H2,1-3H3. The van der Waals surface area contributed by atoms with Gasteiger partial charge in [-0.2, -0.15) is 0 Å². The number of para-hydroxylation sites is 1. The summed E-state index contributed by atoms with van der Waals surface area (Å²) in [6.07, 6.45) is 0. The smallest absolute Gasteiger partial charge is 0.340 e. The quantitative estimate of drug-likeness (QED) is 0.489. The highest BCUT2D eigenvalue weighted by Crippen LogP contribution is 2.20. The molecular weight excluding hydrogens is 360 g/mol. The van der Waals surface area contributed by atoms with E-state index in [1.165, 1.54) is 4.88 Å². The molecule has 140 valence electrons. The average molecular weight is 382 g/mol. The van der Waals surface area contributed by atoms with Crippen LogP contribution in [0.25, 0.3) is 0 Å². The molecule has 0 radical (unpaired) electrons. The van der Waals surface area contributed by atoms with Crippen molar-refractivity contribution in [1.82, 2.24) is 4.57 Å². The predicted molar refractivity (Wildman–Crippen MR) is 108 cm³/mol. The maximum Gasteiger partial charge on any atom is 0.340 e. The van der Waals surface area contributed by atoms with E-state index < -0.39 is 5.97 Å². The number of Topliss-reactive ketones (excluding diaryl/α,β-unsaturated/α-hetero) is 1. The number of hydrogen-bond acceptors (Lipinski definition) is 5. The van der Waals surface area contributed by atoms with E-state index in [2.05, 4.69) is 16.0 Å². The summed E-state index contributed by atoms with van der Waals surface area (Å²) in [4.78, 5) is 26.2. The highest BCUT2D eigenvalue weighted by atomic mass is 32.1. The second-order valence-corrected chi connectivity index (χ2v) is 7.28. The summed E-state index contributed by atoms with van der Waals surface area (Å²) in [5.41, 5.74) is 3.58. The third-order valence-electron chi connectivity index (χ3n) is 4.52. The predicted octanol–water partition coefficient (Wildman–Crippen LogP) is 4.30. The van der Waals surface area contributed by atoms with Gasteiger partial charge in [-0.25, -0.2) is 4.79 Å². The number of thiophene rings is 1. The van der Waals surface area contributed by atoms with Crippen molar-refractivity contribution in [3.8, 4) is 0 Å². The third kappa shape index (κ3) is 4.11. The van der Waals surface area contributed by atoms with Gasteiger partial charge in [0.25, 0.3) is 0 Å². The number of benzene rings is 1. The molecule has 1 aromatic carbocycles. The molecule has 5 nitrogen and oxygen atoms in total. The van der Waals surface area contributed by atoms with Crippen LogP contribution in [0.2, 0.25) is 0 Å². The topological polar surface area (TPSA) is 60.3 Å². The van der Waals surface area contributed by atoms with E-state index in [9.17, 15) is 9.59 Å². The number of anilines is 1. The Morgan fingerprint density at radius 1 is 1.11 bits per heavy atom. The zero-order chi connectivity index (χ0) is 19.4. The van der Waals surface area contributed by atoms with Crippen LogP contribution in [0.5, 0.6) is 0 Å². The van der Waals surface area contributed by atoms with E-state index in [0.717, 1.165) is 17.9 Å². The van der Waals surface area contributed by atoms with Gasteiger partial charge in [0.2, 0.25) is 5.78 Å². The number of ketones is 1. The SMILES string of the molecule is CNc1ccccc1C(=O)OCC(=O)c1cc(C)n(Cc2cccs2)c1C. The van der Waals surface area contributed by atoms with Crippen molar-refractivity contribution in [1.29, 1.82) is 0 Å². The molecule has 0 spiro atoms. The third-order valence-corrected chi connectivity index (χ3v) is 5.38. The first kappa shape index (κ1) is 18.9. The zero-order valence-corrected chi connectivity index (χ0v) is 16.4. The van der Waals surface area contributed by atoms with Gasteiger partial charge in [-0.1, -0.05) is 18.2 Å². The molecule has 2 heterocycles. The van der Waals surface area contributed by atoms with E-state index in [0.29, 0.717) is 16.8 Å². The number of nitrogens with zero attached hydrogens (tertiary/aromatic N) is 1. The van der Waals surface area contributed by atoms with Crippen LogP contribution in [0.3, 0.4) is 0 Å². The van der Waals surface area contributed by atoms with Crippen LogP contribution >= 0.6 is 11.3 Å². The largest absolute Gasteiger partial charge is 0.454 e. The Hall–Kier alpha value is -2.86. The fourth-order valence-electron chi connectivity index (χ4n) is 3.05. The molecule has 0 aliphatic carbocycles. The number of aromatic nitrogens is 1. The highest BCUT2D eigenvalue weighted by molar-refractivity contribution is 7.09. The Bertz CT molecular complexity index is 958. The second kappa shape index (κ2) is 8.22. The molecular formula is C21H22N2O3S. The first-order valence-electron chi connectivity index (χ1n) is 8.67. The summed E-state index contributed by atoms with van der Waals surface area (Å²) in [6.45, 7) is 4.36. The summed E-state index contributed by atoms with van der Waals surface area (Å²) in [5.74, 6) is -0.712. The Labute approximate surface area is 162 Å². The van der Waals surface area contributed by atoms with E-state index >= 15 is 0 Å². The van der Waals surface area contributed by atoms with Crippen LogP contribution in [0.15, 0.2) is 47.8 Å². The number of esters is 1. The molecule has 0 amide bonds. The number of carbonyl (C=O) groups is 2. The first-order chi connectivity index (χ1) is 13.0. The zero-order valence-electron chi connectivity index (χ0n) is 15.6. The monoisotopic (exact) mass is 382 g/mol. The fourth-order valence-corrected chi connectivity index (χ4v) is 3.74. The lowest BCUT2D eigenvalue weighted by atomic mass is 10.1. The molecule has 0 fully saturated rings. The van der Waals surface area contributed by atoms with Crippen molar-refractivity contribution in [2.24, 2.45) is 0 Å². The molecule has 2 aromatic heterocycles. The number of aryl methyl sites for hydroxylation is 1. The summed E-state index contributed by atoms with van der Waals surface area (Å²) in [6, 6.07) is 13.0. The Kier molecular flexibility index (Phi) is 5.76. The van der Waals surface area contributed by atoms with Crippen molar-refractivity contribution in [2.45, 2.75) is 20.4 Å². The summed E-state index contributed by atoms with van der Waals surface area (Å²) in [5, 5.41) is 4.99. The Balaban J connectivity index is 1.70. The van der Waals surface area contributed by atoms with Crippen molar-refractivity contribution >= 4 is 28.8 Å². The lowest BCUT2D eigenvalue weighted by molar-refractivity contribution is 0.0475. The molecule has 0 aliphatic rings. The van der Waals surface area contributed by atoms with Crippen LogP contribution < -0.4 is 5.32 Å². The van der Waals surface area contributed by atoms with Crippen LogP contribution in [0.4, 0.5) is 5.69 Å². The van der Waals surface area contributed by atoms with Gasteiger partial charge in [-0.15, -0.1) is 11.3 Å². The van der Waals surface area contributed by atoms with Crippen LogP contribution in [0.1, 0.15) is 37.0 Å². The second-order valence-electron chi connectivity index (χ2n) is 6.25. The normalized spacial score (nSPS) is 10.6. The van der Waals surface area contributed by atoms with Gasteiger partial charge in [0.05, 0.1) is 12.1 Å². The van der Waals surface area contributed by atoms with E-state index in [1.54, 1.807) is 36.6 Å². The number of rotatable bonds is 7. The van der Waals surface area contributed by atoms with Crippen LogP contribution in [-0.2, 0) is 11.3 Å². The number of ether oxygens (including phenoxy) is 1. The van der Waals surface area contributed by atoms with Gasteiger partial charge in [0.15, 0.2) is 6.61 Å². The van der Waals surface area contributed by atoms with Gasteiger partial charge >= 0.3 is 5.97 Å². The van der Waals surface area contributed by atoms with Crippen LogP contribution in [0, 0.1) is 13.8 Å². The first-order valence-corrected chi connectivity index (χ1v) is 9.55. The minimum atomic E-state index is -0.513. The maximum atomic E-state index is 12.6. The lowest BCUT2D eigenvalue weighted by Gasteiger charge is -2.10. The molecule has 1 N–H and O–H groups in total. The molecule has 0 unspecified atom stereocenters. The van der Waals surface area contributed by atoms with Crippen molar-refractivity contribution in [3.05, 3.63) is 75.2 Å². The van der Waals surface area contributed by atoms with Gasteiger partial charge in [-0.3, -0.25) is 4.79 Å². The highest BCUT2D eigenvalue weighted by Gasteiger charge is 2.19. The van der Waals surface area contributed by atoms with Crippen molar-refractivity contribution in [3.63, 3.8) is 0 Å². The fraction of sp³-hybridized carbons (Fsp3) is 0.238. The number of hydrogen-bond donors (Lipinski definition) is 1. The molecule has 0 saturated carbocycles. The van der Waals surface area contributed by atoms with Gasteiger partial charge < -0.3 is 14.6 Å². The summed E-state index contributed by atoms with van der Waals surface area (Å²) >= 11 is 1.69. The van der Waals surface area contributed by atoms with Gasteiger partial charge in [-0.05, 0) is 43.5 Å². The van der Waals surface area contributed by atoms with E-state index in [1.807, 2.05) is 37.4 Å². The molecule has 3 aromatic rings. The minimum Gasteiger partial charge on any atom is -0.454 e. The lowest BCUT2D eigenvalue weighted by Crippen LogP contribution is -2.16. The van der Waals surface area contributed by atoms with E-state index in [4.69, 9.17) is 4.74 Å². The Morgan fingerprint density at radius 3 is 2.59 bits per heavy atom. The molecule has 3 rings (SSSR count). The minimum absolute atomic E-state index is 0.198. The summed E-state index contributed by atoms with van der Waals surface area (Å²) in [7, 11) is 1.74. The number of nitrogens with one attached hydrogen (secondary N) is 1. The molecule has 0 aliphatic heterocycles. The molecule has 6 heteroatoms. The molecule has 0 atom stereocenters. The molecule has 27 heavy (non-hydrogen) atoms. The number of carbonyl (C=O) groups excluding carboxylic acids is 2. The van der Waals surface area contributed by atoms with Gasteiger partial charge in [0, 0.05) is 34.6 Å². The van der Waals surface area contributed by atoms with Crippen molar-refractivity contribution in [2.75, 3.05) is 19.0 Å². The van der Waals surface area contributed by atoms with Crippen LogP contribution in [-0.4, -0.2) is 30.0 Å². The average Bonchev–Trinajstić information content (AvgIpc) is 3.29. The maximum absolute atomic E-state index is 12.6. The summed E-state index contributed by atoms with van der Waals surface area (Å²) < 4.78 is 7.37. The molecule has 0 bridgehead atoms. The van der Waals surface area contributed by atoms with E-state index in [-0.39, 0.29) is 12.4 Å². The Morgan fingerprint density at radius 2 is 1.89 bits per heavy atom. The molecule has 0 saturated heterocycles. The van der Waals surface area contributed by atoms with Crippen molar-refractivity contribution < 1.29 is 14.3 Å².